The topological polar surface area (TPSA) is 70.1 Å². The normalized spacial score (nSPS) is 11.3. The van der Waals surface area contributed by atoms with Crippen LogP contribution >= 0.6 is 24.0 Å². The Kier molecular flexibility index (Phi) is 4.21. The van der Waals surface area contributed by atoms with Crippen molar-refractivity contribution in [3.8, 4) is 0 Å². The smallest absolute Gasteiger partial charge is 0.744 e. The average Bonchev–Trinajstić information content (AvgIpc) is 2.41. The van der Waals surface area contributed by atoms with Gasteiger partial charge in [0.15, 0.2) is 0 Å². The fourth-order valence-electron chi connectivity index (χ4n) is 1.05. The second-order valence-electron chi connectivity index (χ2n) is 2.58. The number of thiazole rings is 1. The van der Waals surface area contributed by atoms with Crippen LogP contribution in [0.25, 0.3) is 10.2 Å². The molecule has 0 N–H and O–H groups in total. The first kappa shape index (κ1) is 13.4. The van der Waals surface area contributed by atoms with E-state index >= 15 is 0 Å². The standard InChI is InChI=1S/C7H5NO3S3.Na/c9-14(10,11)4-1-2-5-6(3-4)13-7(12)8-5;/h1-3H,(H,8,12)(H,9,10,11);/q;+1/p-1. The molecule has 0 saturated carbocycles. The molecule has 74 valence electrons. The first-order valence-corrected chi connectivity index (χ1v) is 6.19. The quantitative estimate of drug-likeness (QED) is 0.388. The Hall–Kier alpha value is 0.370. The predicted molar refractivity (Wildman–Crippen MR) is 54.8 cm³/mol. The first-order chi connectivity index (χ1) is 6.47. The fourth-order valence-corrected chi connectivity index (χ4v) is 2.77. The molecule has 1 aromatic carbocycles. The van der Waals surface area contributed by atoms with Crippen LogP contribution in [-0.2, 0) is 10.1 Å². The van der Waals surface area contributed by atoms with Crippen molar-refractivity contribution >= 4 is 44.3 Å². The molecule has 15 heavy (non-hydrogen) atoms. The van der Waals surface area contributed by atoms with Crippen molar-refractivity contribution in [3.63, 3.8) is 0 Å². The molecule has 0 atom stereocenters. The molecular formula is C7H4NNaO3S3. The molecule has 1 heterocycles. The van der Waals surface area contributed by atoms with Gasteiger partial charge in [0.1, 0.15) is 14.5 Å². The summed E-state index contributed by atoms with van der Waals surface area (Å²) in [4.78, 5) is 3.79. The molecule has 0 aliphatic rings. The minimum atomic E-state index is -4.38. The maximum Gasteiger partial charge on any atom is 1.00 e. The molecule has 8 heteroatoms. The summed E-state index contributed by atoms with van der Waals surface area (Å²) in [7, 11) is -4.38. The van der Waals surface area contributed by atoms with E-state index in [1.54, 1.807) is 0 Å². The summed E-state index contributed by atoms with van der Waals surface area (Å²) in [5.74, 6) is 0. The van der Waals surface area contributed by atoms with Gasteiger partial charge >= 0.3 is 29.6 Å². The number of rotatable bonds is 1. The van der Waals surface area contributed by atoms with Crippen molar-refractivity contribution in [2.75, 3.05) is 0 Å². The van der Waals surface area contributed by atoms with Crippen LogP contribution in [0.1, 0.15) is 0 Å². The number of nitrogens with zero attached hydrogens (tertiary/aromatic N) is 1. The van der Waals surface area contributed by atoms with Crippen molar-refractivity contribution in [2.45, 2.75) is 9.24 Å². The molecule has 0 aliphatic carbocycles. The van der Waals surface area contributed by atoms with Crippen LogP contribution in [-0.4, -0.2) is 18.0 Å². The Morgan fingerprint density at radius 2 is 2.07 bits per heavy atom. The summed E-state index contributed by atoms with van der Waals surface area (Å²) in [5.41, 5.74) is 0.646. The van der Waals surface area contributed by atoms with E-state index in [1.165, 1.54) is 29.5 Å². The van der Waals surface area contributed by atoms with Gasteiger partial charge in [-0.3, -0.25) is 0 Å². The summed E-state index contributed by atoms with van der Waals surface area (Å²) >= 11 is 5.26. The van der Waals surface area contributed by atoms with Crippen LogP contribution in [0.15, 0.2) is 27.4 Å². The van der Waals surface area contributed by atoms with Crippen LogP contribution in [0.3, 0.4) is 0 Å². The molecule has 2 aromatic rings. The van der Waals surface area contributed by atoms with Gasteiger partial charge in [-0.25, -0.2) is 13.4 Å². The van der Waals surface area contributed by atoms with Crippen molar-refractivity contribution in [2.24, 2.45) is 0 Å². The van der Waals surface area contributed by atoms with Crippen LogP contribution in [0.4, 0.5) is 0 Å². The third-order valence-electron chi connectivity index (χ3n) is 1.64. The van der Waals surface area contributed by atoms with Crippen molar-refractivity contribution < 1.29 is 42.5 Å². The van der Waals surface area contributed by atoms with E-state index in [9.17, 15) is 13.0 Å². The average molecular weight is 269 g/mol. The van der Waals surface area contributed by atoms with Crippen molar-refractivity contribution in [1.82, 2.24) is 4.98 Å². The number of benzene rings is 1. The van der Waals surface area contributed by atoms with E-state index in [-0.39, 0.29) is 34.5 Å². The molecule has 0 spiro atoms. The summed E-state index contributed by atoms with van der Waals surface area (Å²) < 4.78 is 33.3. The molecule has 1 aromatic heterocycles. The van der Waals surface area contributed by atoms with Gasteiger partial charge in [0.05, 0.1) is 15.1 Å². The van der Waals surface area contributed by atoms with Gasteiger partial charge < -0.3 is 4.55 Å². The maximum absolute atomic E-state index is 10.7. The number of fused-ring (bicyclic) bond motifs is 1. The zero-order valence-electron chi connectivity index (χ0n) is 7.67. The van der Waals surface area contributed by atoms with E-state index in [1.807, 2.05) is 0 Å². The summed E-state index contributed by atoms with van der Waals surface area (Å²) in [6.45, 7) is 0. The second kappa shape index (κ2) is 4.70. The van der Waals surface area contributed by atoms with Gasteiger partial charge in [-0.15, -0.1) is 24.0 Å². The van der Waals surface area contributed by atoms with Crippen LogP contribution in [0, 0.1) is 0 Å². The molecular weight excluding hydrogens is 265 g/mol. The second-order valence-corrected chi connectivity index (χ2v) is 5.72. The zero-order chi connectivity index (χ0) is 10.3. The first-order valence-electron chi connectivity index (χ1n) is 3.52. The molecule has 2 rings (SSSR count). The number of thiol groups is 1. The van der Waals surface area contributed by atoms with Gasteiger partial charge in [-0.1, -0.05) is 0 Å². The van der Waals surface area contributed by atoms with Gasteiger partial charge in [0.2, 0.25) is 0 Å². The molecule has 4 nitrogen and oxygen atoms in total. The fraction of sp³-hybridized carbons (Fsp3) is 0. The minimum absolute atomic E-state index is 0. The number of hydrogen-bond acceptors (Lipinski definition) is 6. The van der Waals surface area contributed by atoms with E-state index in [0.717, 1.165) is 0 Å². The van der Waals surface area contributed by atoms with Crippen molar-refractivity contribution in [3.05, 3.63) is 18.2 Å². The minimum Gasteiger partial charge on any atom is -0.744 e. The van der Waals surface area contributed by atoms with E-state index in [4.69, 9.17) is 0 Å². The van der Waals surface area contributed by atoms with Crippen LogP contribution in [0.5, 0.6) is 0 Å². The Labute approximate surface area is 118 Å². The van der Waals surface area contributed by atoms with Gasteiger partial charge in [0.25, 0.3) is 0 Å². The Bertz CT molecular complexity index is 593. The van der Waals surface area contributed by atoms with Crippen LogP contribution < -0.4 is 29.6 Å². The third kappa shape index (κ3) is 2.94. The van der Waals surface area contributed by atoms with Gasteiger partial charge in [0, 0.05) is 0 Å². The number of hydrogen-bond donors (Lipinski definition) is 1. The SMILES string of the molecule is O=S(=O)([O-])c1ccc2nc(S)sc2c1.[Na+]. The Morgan fingerprint density at radius 1 is 1.40 bits per heavy atom. The summed E-state index contributed by atoms with van der Waals surface area (Å²) in [6, 6.07) is 4.06. The summed E-state index contributed by atoms with van der Waals surface area (Å²) in [5, 5.41) is 0. The maximum atomic E-state index is 10.7. The Morgan fingerprint density at radius 3 is 2.67 bits per heavy atom. The largest absolute Gasteiger partial charge is 1.00 e. The van der Waals surface area contributed by atoms with Crippen molar-refractivity contribution in [1.29, 1.82) is 0 Å². The van der Waals surface area contributed by atoms with Crippen LogP contribution in [0.2, 0.25) is 0 Å². The molecule has 0 saturated heterocycles. The molecule has 0 radical (unpaired) electrons. The molecule has 0 unspecified atom stereocenters. The molecule has 0 amide bonds. The Balaban J connectivity index is 0.00000112. The third-order valence-corrected chi connectivity index (χ3v) is 3.66. The number of aromatic nitrogens is 1. The molecule has 0 aliphatic heterocycles. The predicted octanol–water partition coefficient (Wildman–Crippen LogP) is -1.51. The van der Waals surface area contributed by atoms with E-state index in [0.29, 0.717) is 14.6 Å². The van der Waals surface area contributed by atoms with Gasteiger partial charge in [-0.2, -0.15) is 0 Å². The molecule has 0 fully saturated rings. The van der Waals surface area contributed by atoms with E-state index < -0.39 is 10.1 Å². The summed E-state index contributed by atoms with van der Waals surface area (Å²) in [6.07, 6.45) is 0. The zero-order valence-corrected chi connectivity index (χ0v) is 12.2. The van der Waals surface area contributed by atoms with E-state index in [2.05, 4.69) is 17.6 Å². The molecule has 0 bridgehead atoms. The van der Waals surface area contributed by atoms with Gasteiger partial charge in [-0.05, 0) is 18.2 Å². The monoisotopic (exact) mass is 269 g/mol.